The van der Waals surface area contributed by atoms with Crippen LogP contribution in [0.4, 0.5) is 5.69 Å². The summed E-state index contributed by atoms with van der Waals surface area (Å²) in [4.78, 5) is 0. The molecule has 0 radical (unpaired) electrons. The van der Waals surface area contributed by atoms with Gasteiger partial charge < -0.3 is 4.42 Å². The van der Waals surface area contributed by atoms with Gasteiger partial charge in [0.05, 0.1) is 5.69 Å². The molecule has 126 valence electrons. The highest BCUT2D eigenvalue weighted by atomic mass is 32.1. The fourth-order valence-electron chi connectivity index (χ4n) is 3.11. The summed E-state index contributed by atoms with van der Waals surface area (Å²) in [6.45, 7) is 0. The molecule has 6 heteroatoms. The van der Waals surface area contributed by atoms with Crippen LogP contribution in [0.3, 0.4) is 0 Å². The highest BCUT2D eigenvalue weighted by Gasteiger charge is 2.15. The molecule has 0 bridgehead atoms. The van der Waals surface area contributed by atoms with Gasteiger partial charge in [-0.3, -0.25) is 5.43 Å². The van der Waals surface area contributed by atoms with Crippen LogP contribution in [0.2, 0.25) is 0 Å². The molecule has 0 aliphatic rings. The number of hydrogen-bond donors (Lipinski definition) is 2. The van der Waals surface area contributed by atoms with Crippen molar-refractivity contribution in [2.75, 3.05) is 5.43 Å². The zero-order chi connectivity index (χ0) is 17.5. The molecule has 0 fully saturated rings. The number of nitrogens with one attached hydrogen (secondary N) is 2. The minimum absolute atomic E-state index is 0.467. The summed E-state index contributed by atoms with van der Waals surface area (Å²) < 4.78 is 8.24. The Kier molecular flexibility index (Phi) is 3.36. The highest BCUT2D eigenvalue weighted by molar-refractivity contribution is 7.71. The van der Waals surface area contributed by atoms with Crippen molar-refractivity contribution in [1.29, 1.82) is 0 Å². The Balaban J connectivity index is 1.67. The van der Waals surface area contributed by atoms with Gasteiger partial charge in [0.25, 0.3) is 0 Å². The first-order valence-electron chi connectivity index (χ1n) is 8.21. The number of nitrogens with zero attached hydrogens (tertiary/aromatic N) is 2. The monoisotopic (exact) mass is 358 g/mol. The number of para-hydroxylation sites is 1. The van der Waals surface area contributed by atoms with Crippen LogP contribution in [-0.2, 0) is 0 Å². The Morgan fingerprint density at radius 3 is 2.62 bits per heavy atom. The summed E-state index contributed by atoms with van der Waals surface area (Å²) in [6.07, 6.45) is 0. The van der Waals surface area contributed by atoms with Gasteiger partial charge in [-0.1, -0.05) is 48.5 Å². The summed E-state index contributed by atoms with van der Waals surface area (Å²) in [5.74, 6) is 1.24. The fourth-order valence-corrected chi connectivity index (χ4v) is 3.29. The van der Waals surface area contributed by atoms with Gasteiger partial charge in [-0.05, 0) is 47.3 Å². The average Bonchev–Trinajstić information content (AvgIpc) is 3.27. The lowest BCUT2D eigenvalue weighted by molar-refractivity contribution is 0.621. The van der Waals surface area contributed by atoms with Crippen molar-refractivity contribution in [3.05, 3.63) is 77.6 Å². The van der Waals surface area contributed by atoms with Crippen molar-refractivity contribution in [2.24, 2.45) is 0 Å². The fraction of sp³-hybridized carbons (Fsp3) is 0. The molecule has 2 aromatic heterocycles. The van der Waals surface area contributed by atoms with Crippen LogP contribution < -0.4 is 5.43 Å². The summed E-state index contributed by atoms with van der Waals surface area (Å²) >= 11 is 5.37. The molecule has 5 rings (SSSR count). The molecule has 5 aromatic rings. The minimum atomic E-state index is 0.467. The third kappa shape index (κ3) is 2.39. The van der Waals surface area contributed by atoms with E-state index in [0.717, 1.165) is 22.0 Å². The number of fused-ring (bicyclic) bond motifs is 3. The molecule has 0 spiro atoms. The number of H-pyrrole nitrogens is 1. The number of benzene rings is 3. The maximum absolute atomic E-state index is 6.06. The van der Waals surface area contributed by atoms with Crippen molar-refractivity contribution >= 4 is 39.6 Å². The van der Waals surface area contributed by atoms with Crippen LogP contribution >= 0.6 is 12.2 Å². The van der Waals surface area contributed by atoms with Gasteiger partial charge in [-0.2, -0.15) is 0 Å². The molecule has 3 aromatic carbocycles. The number of aromatic amines is 1. The lowest BCUT2D eigenvalue weighted by Gasteiger charge is -2.08. The van der Waals surface area contributed by atoms with Crippen molar-refractivity contribution in [3.63, 3.8) is 0 Å². The summed E-state index contributed by atoms with van der Waals surface area (Å²) in [6, 6.07) is 24.1. The van der Waals surface area contributed by atoms with Crippen molar-refractivity contribution in [2.45, 2.75) is 0 Å². The van der Waals surface area contributed by atoms with Gasteiger partial charge in [0.2, 0.25) is 10.6 Å². The van der Waals surface area contributed by atoms with Gasteiger partial charge in [0.15, 0.2) is 5.76 Å². The molecule has 2 N–H and O–H groups in total. The van der Waals surface area contributed by atoms with Crippen molar-refractivity contribution < 1.29 is 4.42 Å². The van der Waals surface area contributed by atoms with Gasteiger partial charge in [-0.25, -0.2) is 9.77 Å². The minimum Gasteiger partial charge on any atom is -0.453 e. The predicted octanol–water partition coefficient (Wildman–Crippen LogP) is 5.38. The Labute approximate surface area is 153 Å². The Hall–Kier alpha value is -3.38. The predicted molar refractivity (Wildman–Crippen MR) is 106 cm³/mol. The zero-order valence-corrected chi connectivity index (χ0v) is 14.5. The Bertz CT molecular complexity index is 1280. The largest absolute Gasteiger partial charge is 0.453 e. The topological polar surface area (TPSA) is 58.8 Å². The highest BCUT2D eigenvalue weighted by Crippen LogP contribution is 2.32. The normalized spacial score (nSPS) is 11.2. The van der Waals surface area contributed by atoms with E-state index in [9.17, 15) is 0 Å². The molecule has 0 amide bonds. The van der Waals surface area contributed by atoms with E-state index < -0.39 is 0 Å². The number of furan rings is 1. The van der Waals surface area contributed by atoms with Gasteiger partial charge in [-0.15, -0.1) is 5.10 Å². The maximum Gasteiger partial charge on any atom is 0.217 e. The molecule has 0 saturated carbocycles. The summed E-state index contributed by atoms with van der Waals surface area (Å²) in [5.41, 5.74) is 4.99. The van der Waals surface area contributed by atoms with Crippen LogP contribution in [0.15, 0.2) is 77.2 Å². The standard InChI is InChI=1S/C20H14N4OS/c26-20-22-21-19(24(20)23-14-7-2-1-3-8-14)18-12-16-15-9-5-4-6-13(15)10-11-17(16)25-18/h1-12,23H,(H,22,26). The first-order chi connectivity index (χ1) is 12.8. The number of anilines is 1. The molecule has 2 heterocycles. The van der Waals surface area contributed by atoms with E-state index in [-0.39, 0.29) is 0 Å². The second-order valence-corrected chi connectivity index (χ2v) is 6.36. The second-order valence-electron chi connectivity index (χ2n) is 5.97. The molecule has 5 nitrogen and oxygen atoms in total. The van der Waals surface area contributed by atoms with E-state index in [1.807, 2.05) is 54.6 Å². The van der Waals surface area contributed by atoms with Crippen molar-refractivity contribution in [3.8, 4) is 11.6 Å². The van der Waals surface area contributed by atoms with Gasteiger partial charge >= 0.3 is 0 Å². The SMILES string of the molecule is S=c1[nH]nc(-c2cc3c(ccc4ccccc43)o2)n1Nc1ccccc1. The average molecular weight is 358 g/mol. The molecule has 0 atom stereocenters. The first-order valence-corrected chi connectivity index (χ1v) is 8.61. The molecule has 0 unspecified atom stereocenters. The molecule has 0 saturated heterocycles. The second kappa shape index (κ2) is 5.86. The van der Waals surface area contributed by atoms with E-state index in [2.05, 4.69) is 33.8 Å². The van der Waals surface area contributed by atoms with E-state index in [0.29, 0.717) is 16.4 Å². The van der Waals surface area contributed by atoms with Crippen LogP contribution in [0, 0.1) is 4.77 Å². The van der Waals surface area contributed by atoms with Crippen LogP contribution in [0.25, 0.3) is 33.3 Å². The number of hydrogen-bond acceptors (Lipinski definition) is 4. The quantitative estimate of drug-likeness (QED) is 0.425. The Morgan fingerprint density at radius 2 is 1.73 bits per heavy atom. The molecular formula is C20H14N4OS. The first kappa shape index (κ1) is 14.9. The summed E-state index contributed by atoms with van der Waals surface area (Å²) in [5, 5.41) is 10.6. The van der Waals surface area contributed by atoms with E-state index in [1.165, 1.54) is 5.39 Å². The van der Waals surface area contributed by atoms with Crippen LogP contribution in [0.5, 0.6) is 0 Å². The zero-order valence-electron chi connectivity index (χ0n) is 13.6. The Morgan fingerprint density at radius 1 is 0.923 bits per heavy atom. The van der Waals surface area contributed by atoms with Gasteiger partial charge in [0, 0.05) is 5.39 Å². The molecular weight excluding hydrogens is 344 g/mol. The third-order valence-electron chi connectivity index (χ3n) is 4.33. The molecule has 0 aliphatic heterocycles. The number of rotatable bonds is 3. The van der Waals surface area contributed by atoms with E-state index in [4.69, 9.17) is 16.6 Å². The maximum atomic E-state index is 6.06. The van der Waals surface area contributed by atoms with Crippen LogP contribution in [0.1, 0.15) is 0 Å². The van der Waals surface area contributed by atoms with Gasteiger partial charge in [0.1, 0.15) is 5.58 Å². The van der Waals surface area contributed by atoms with Crippen molar-refractivity contribution in [1.82, 2.24) is 14.9 Å². The molecule has 26 heavy (non-hydrogen) atoms. The lowest BCUT2D eigenvalue weighted by atomic mass is 10.1. The molecule has 0 aliphatic carbocycles. The third-order valence-corrected chi connectivity index (χ3v) is 4.61. The van der Waals surface area contributed by atoms with Crippen LogP contribution in [-0.4, -0.2) is 14.9 Å². The summed E-state index contributed by atoms with van der Waals surface area (Å²) in [7, 11) is 0. The van der Waals surface area contributed by atoms with E-state index in [1.54, 1.807) is 4.68 Å². The number of aromatic nitrogens is 3. The smallest absolute Gasteiger partial charge is 0.217 e. The van der Waals surface area contributed by atoms with E-state index >= 15 is 0 Å². The lowest BCUT2D eigenvalue weighted by Crippen LogP contribution is -2.10.